The number of likely N-dealkylation sites (N-methyl/N-ethyl adjacent to an activating group) is 1. The number of aromatic nitrogens is 1. The minimum Gasteiger partial charge on any atom is -0.343 e. The summed E-state index contributed by atoms with van der Waals surface area (Å²) >= 11 is 2.00. The van der Waals surface area contributed by atoms with Crippen molar-refractivity contribution in [3.63, 3.8) is 0 Å². The number of para-hydroxylation sites is 1. The summed E-state index contributed by atoms with van der Waals surface area (Å²) < 4.78 is 2.39. The van der Waals surface area contributed by atoms with E-state index < -0.39 is 0 Å². The van der Waals surface area contributed by atoms with Crippen molar-refractivity contribution < 1.29 is 0 Å². The Morgan fingerprint density at radius 1 is 1.24 bits per heavy atom. The van der Waals surface area contributed by atoms with Crippen LogP contribution in [0.2, 0.25) is 0 Å². The zero-order valence-corrected chi connectivity index (χ0v) is 13.4. The monoisotopic (exact) mass is 296 g/mol. The Labute approximate surface area is 129 Å². The van der Waals surface area contributed by atoms with E-state index in [0.29, 0.717) is 0 Å². The Kier molecular flexibility index (Phi) is 3.12. The molecule has 21 heavy (non-hydrogen) atoms. The molecule has 1 aromatic carbocycles. The van der Waals surface area contributed by atoms with Gasteiger partial charge in [-0.1, -0.05) is 18.2 Å². The first-order chi connectivity index (χ1) is 10.3. The van der Waals surface area contributed by atoms with Crippen molar-refractivity contribution in [3.05, 3.63) is 45.6 Å². The molecule has 4 rings (SSSR count). The summed E-state index contributed by atoms with van der Waals surface area (Å²) in [6.07, 6.45) is 3.50. The van der Waals surface area contributed by atoms with E-state index in [1.54, 1.807) is 10.4 Å². The van der Waals surface area contributed by atoms with Gasteiger partial charge in [-0.15, -0.1) is 11.3 Å². The minimum absolute atomic E-state index is 1.06. The molecule has 0 bridgehead atoms. The van der Waals surface area contributed by atoms with Crippen LogP contribution in [-0.2, 0) is 26.3 Å². The Morgan fingerprint density at radius 3 is 2.95 bits per heavy atom. The normalized spacial score (nSPS) is 13.4. The van der Waals surface area contributed by atoms with Crippen molar-refractivity contribution in [1.29, 1.82) is 0 Å². The van der Waals surface area contributed by atoms with Gasteiger partial charge in [0, 0.05) is 33.3 Å². The summed E-state index contributed by atoms with van der Waals surface area (Å²) in [6.45, 7) is 1.06. The molecule has 1 aliphatic rings. The second-order valence-corrected chi connectivity index (χ2v) is 7.03. The molecule has 2 aromatic heterocycles. The van der Waals surface area contributed by atoms with Crippen molar-refractivity contribution in [2.75, 3.05) is 13.6 Å². The molecule has 0 aliphatic heterocycles. The molecule has 0 amide bonds. The van der Waals surface area contributed by atoms with E-state index in [9.17, 15) is 0 Å². The lowest BCUT2D eigenvalue weighted by atomic mass is 9.94. The van der Waals surface area contributed by atoms with E-state index in [1.165, 1.54) is 39.9 Å². The molecule has 0 saturated heterocycles. The number of hydrogen-bond acceptors (Lipinski definition) is 2. The maximum atomic E-state index is 3.25. The predicted octanol–water partition coefficient (Wildman–Crippen LogP) is 3.77. The van der Waals surface area contributed by atoms with Crippen LogP contribution in [0.15, 0.2) is 30.3 Å². The molecule has 108 valence electrons. The second-order valence-electron chi connectivity index (χ2n) is 5.81. The maximum Gasteiger partial charge on any atom is 0.0532 e. The topological polar surface area (TPSA) is 17.0 Å². The van der Waals surface area contributed by atoms with Gasteiger partial charge in [-0.2, -0.15) is 0 Å². The average molecular weight is 296 g/mol. The zero-order valence-electron chi connectivity index (χ0n) is 12.6. The van der Waals surface area contributed by atoms with Gasteiger partial charge in [0.15, 0.2) is 0 Å². The van der Waals surface area contributed by atoms with E-state index in [-0.39, 0.29) is 0 Å². The van der Waals surface area contributed by atoms with Crippen molar-refractivity contribution in [2.24, 2.45) is 7.05 Å². The summed E-state index contributed by atoms with van der Waals surface area (Å²) in [7, 11) is 4.23. The van der Waals surface area contributed by atoms with Crippen LogP contribution in [0.25, 0.3) is 22.2 Å². The van der Waals surface area contributed by atoms with Gasteiger partial charge in [-0.05, 0) is 50.6 Å². The van der Waals surface area contributed by atoms with E-state index in [2.05, 4.69) is 47.3 Å². The highest BCUT2D eigenvalue weighted by Gasteiger charge is 2.24. The fourth-order valence-electron chi connectivity index (χ4n) is 3.55. The highest BCUT2D eigenvalue weighted by Crippen LogP contribution is 2.42. The predicted molar refractivity (Wildman–Crippen MR) is 91.3 cm³/mol. The number of benzene rings is 1. The van der Waals surface area contributed by atoms with Crippen LogP contribution >= 0.6 is 11.3 Å². The number of thiophene rings is 1. The molecule has 0 atom stereocenters. The number of hydrogen-bond donors (Lipinski definition) is 1. The number of rotatable bonds is 3. The lowest BCUT2D eigenvalue weighted by Crippen LogP contribution is -2.09. The highest BCUT2D eigenvalue weighted by molar-refractivity contribution is 7.12. The fraction of sp³-hybridized carbons (Fsp3) is 0.333. The molecule has 3 heteroatoms. The molecule has 0 unspecified atom stereocenters. The zero-order chi connectivity index (χ0) is 14.4. The lowest BCUT2D eigenvalue weighted by Gasteiger charge is -2.14. The Bertz CT molecular complexity index is 810. The van der Waals surface area contributed by atoms with Gasteiger partial charge < -0.3 is 9.88 Å². The fourth-order valence-corrected chi connectivity index (χ4v) is 4.72. The SMILES string of the molecule is CNCCc1cc2c(s1)CCc1c-2n(C)c2ccccc12. The Hall–Kier alpha value is -1.58. The number of nitrogens with zero attached hydrogens (tertiary/aromatic N) is 1. The van der Waals surface area contributed by atoms with Crippen LogP contribution in [-0.4, -0.2) is 18.2 Å². The summed E-state index contributed by atoms with van der Waals surface area (Å²) in [4.78, 5) is 3.08. The van der Waals surface area contributed by atoms with E-state index >= 15 is 0 Å². The molecule has 2 heterocycles. The van der Waals surface area contributed by atoms with Crippen LogP contribution in [0.5, 0.6) is 0 Å². The summed E-state index contributed by atoms with van der Waals surface area (Å²) in [5.41, 5.74) is 5.83. The molecule has 0 saturated carbocycles. The highest BCUT2D eigenvalue weighted by atomic mass is 32.1. The van der Waals surface area contributed by atoms with Crippen LogP contribution in [0, 0.1) is 0 Å². The first-order valence-corrected chi connectivity index (χ1v) is 8.44. The number of aryl methyl sites for hydroxylation is 3. The summed E-state index contributed by atoms with van der Waals surface area (Å²) in [5.74, 6) is 0. The van der Waals surface area contributed by atoms with Crippen LogP contribution < -0.4 is 5.32 Å². The minimum atomic E-state index is 1.06. The van der Waals surface area contributed by atoms with Gasteiger partial charge in [-0.25, -0.2) is 0 Å². The molecule has 1 N–H and O–H groups in total. The van der Waals surface area contributed by atoms with Crippen molar-refractivity contribution in [3.8, 4) is 11.3 Å². The first-order valence-electron chi connectivity index (χ1n) is 7.62. The largest absolute Gasteiger partial charge is 0.343 e. The second kappa shape index (κ2) is 5.00. The van der Waals surface area contributed by atoms with Gasteiger partial charge in [0.25, 0.3) is 0 Å². The molecule has 0 radical (unpaired) electrons. The van der Waals surface area contributed by atoms with Crippen molar-refractivity contribution in [2.45, 2.75) is 19.3 Å². The van der Waals surface area contributed by atoms with E-state index in [4.69, 9.17) is 0 Å². The Balaban J connectivity index is 1.90. The quantitative estimate of drug-likeness (QED) is 0.778. The molecule has 3 aromatic rings. The third kappa shape index (κ3) is 1.95. The van der Waals surface area contributed by atoms with Gasteiger partial charge >= 0.3 is 0 Å². The third-order valence-corrected chi connectivity index (χ3v) is 5.80. The maximum absolute atomic E-state index is 3.25. The van der Waals surface area contributed by atoms with Gasteiger partial charge in [0.2, 0.25) is 0 Å². The van der Waals surface area contributed by atoms with E-state index in [0.717, 1.165) is 13.0 Å². The molecule has 2 nitrogen and oxygen atoms in total. The standard InChI is InChI=1S/C18H20N2S/c1-19-10-9-12-11-15-17(21-12)8-7-14-13-5-3-4-6-16(13)20(2)18(14)15/h3-6,11,19H,7-10H2,1-2H3. The number of nitrogens with one attached hydrogen (secondary N) is 1. The summed E-state index contributed by atoms with van der Waals surface area (Å²) in [6, 6.07) is 11.2. The molecule has 0 fully saturated rings. The lowest BCUT2D eigenvalue weighted by molar-refractivity contribution is 0.799. The number of fused-ring (bicyclic) bond motifs is 5. The van der Waals surface area contributed by atoms with Crippen LogP contribution in [0.1, 0.15) is 15.3 Å². The van der Waals surface area contributed by atoms with Gasteiger partial charge in [-0.3, -0.25) is 0 Å². The average Bonchev–Trinajstić information content (AvgIpc) is 3.05. The smallest absolute Gasteiger partial charge is 0.0532 e. The van der Waals surface area contributed by atoms with Gasteiger partial charge in [0.1, 0.15) is 0 Å². The molecule has 0 spiro atoms. The molecule has 1 aliphatic carbocycles. The van der Waals surface area contributed by atoms with Crippen molar-refractivity contribution >= 4 is 22.2 Å². The molecular weight excluding hydrogens is 276 g/mol. The van der Waals surface area contributed by atoms with Gasteiger partial charge in [0.05, 0.1) is 5.69 Å². The van der Waals surface area contributed by atoms with Crippen molar-refractivity contribution in [1.82, 2.24) is 9.88 Å². The summed E-state index contributed by atoms with van der Waals surface area (Å²) in [5, 5.41) is 4.68. The van der Waals surface area contributed by atoms with E-state index in [1.807, 2.05) is 18.4 Å². The van der Waals surface area contributed by atoms with Crippen LogP contribution in [0.3, 0.4) is 0 Å². The van der Waals surface area contributed by atoms with Crippen LogP contribution in [0.4, 0.5) is 0 Å². The first kappa shape index (κ1) is 13.1. The molecular formula is C18H20N2S. The Morgan fingerprint density at radius 2 is 2.10 bits per heavy atom. The third-order valence-electron chi connectivity index (χ3n) is 4.55.